The Bertz CT molecular complexity index is 2060. The predicted octanol–water partition coefficient (Wildman–Crippen LogP) is 16.5. The van der Waals surface area contributed by atoms with Gasteiger partial charge in [0, 0.05) is 23.4 Å². The van der Waals surface area contributed by atoms with Gasteiger partial charge in [0.15, 0.2) is 0 Å². The molecule has 2 aromatic carbocycles. The SMILES string of the molecule is CCCCCCC1(CCCCCCC2=CC3CCC3(C)C=C2)c2cc(-c3ccc(-c4ccc(C(C)(CC)CC)cn4)nc3)ccc2-c2ccc(C(C)(CC)CC)cc21. The highest BCUT2D eigenvalue weighted by molar-refractivity contribution is 5.84. The van der Waals surface area contributed by atoms with Crippen LogP contribution in [0.2, 0.25) is 0 Å². The Morgan fingerprint density at radius 3 is 1.79 bits per heavy atom. The van der Waals surface area contributed by atoms with Crippen molar-refractivity contribution in [2.75, 3.05) is 0 Å². The molecule has 0 N–H and O–H groups in total. The third-order valence-electron chi connectivity index (χ3n) is 16.2. The van der Waals surface area contributed by atoms with Gasteiger partial charge in [-0.05, 0) is 144 Å². The summed E-state index contributed by atoms with van der Waals surface area (Å²) >= 11 is 0. The van der Waals surface area contributed by atoms with E-state index in [4.69, 9.17) is 9.97 Å². The van der Waals surface area contributed by atoms with Crippen molar-refractivity contribution in [2.24, 2.45) is 11.3 Å². The van der Waals surface area contributed by atoms with Crippen molar-refractivity contribution in [1.82, 2.24) is 9.97 Å². The molecule has 2 heteroatoms. The fourth-order valence-electron chi connectivity index (χ4n) is 10.6. The highest BCUT2D eigenvalue weighted by Crippen LogP contribution is 2.56. The molecule has 0 amide bonds. The quantitative estimate of drug-likeness (QED) is 0.0836. The average molecular weight is 775 g/mol. The van der Waals surface area contributed by atoms with Gasteiger partial charge in [-0.1, -0.05) is 167 Å². The van der Waals surface area contributed by atoms with Crippen LogP contribution in [0.25, 0.3) is 33.6 Å². The zero-order chi connectivity index (χ0) is 41.0. The van der Waals surface area contributed by atoms with E-state index in [2.05, 4.69) is 147 Å². The van der Waals surface area contributed by atoms with Crippen molar-refractivity contribution in [3.8, 4) is 33.6 Å². The Hall–Kier alpha value is -3.78. The maximum absolute atomic E-state index is 5.01. The number of rotatable bonds is 20. The van der Waals surface area contributed by atoms with Crippen LogP contribution in [0.4, 0.5) is 0 Å². The van der Waals surface area contributed by atoms with Gasteiger partial charge >= 0.3 is 0 Å². The Morgan fingerprint density at radius 1 is 0.621 bits per heavy atom. The van der Waals surface area contributed by atoms with Crippen LogP contribution >= 0.6 is 0 Å². The molecule has 1 saturated carbocycles. The van der Waals surface area contributed by atoms with E-state index in [1.807, 2.05) is 0 Å². The van der Waals surface area contributed by atoms with E-state index in [0.29, 0.717) is 5.41 Å². The molecule has 3 aliphatic carbocycles. The second-order valence-corrected chi connectivity index (χ2v) is 19.5. The molecule has 0 bridgehead atoms. The molecule has 0 saturated heterocycles. The first-order valence-corrected chi connectivity index (χ1v) is 23.7. The lowest BCUT2D eigenvalue weighted by Gasteiger charge is -2.46. The molecule has 0 spiro atoms. The molecule has 0 aliphatic heterocycles. The molecule has 2 nitrogen and oxygen atoms in total. The summed E-state index contributed by atoms with van der Waals surface area (Å²) in [4.78, 5) is 9.90. The fraction of sp³-hybridized carbons (Fsp3) is 0.536. The van der Waals surface area contributed by atoms with Crippen molar-refractivity contribution >= 4 is 0 Å². The van der Waals surface area contributed by atoms with Gasteiger partial charge in [0.25, 0.3) is 0 Å². The lowest BCUT2D eigenvalue weighted by Crippen LogP contribution is -2.35. The summed E-state index contributed by atoms with van der Waals surface area (Å²) < 4.78 is 0. The Morgan fingerprint density at radius 2 is 1.21 bits per heavy atom. The van der Waals surface area contributed by atoms with Crippen molar-refractivity contribution in [3.63, 3.8) is 0 Å². The highest BCUT2D eigenvalue weighted by Gasteiger charge is 2.44. The Labute approximate surface area is 353 Å². The first-order chi connectivity index (χ1) is 28.0. The van der Waals surface area contributed by atoms with Gasteiger partial charge in [0.1, 0.15) is 0 Å². The average Bonchev–Trinajstić information content (AvgIpc) is 3.53. The Balaban J connectivity index is 1.17. The van der Waals surface area contributed by atoms with Gasteiger partial charge in [-0.25, -0.2) is 0 Å². The van der Waals surface area contributed by atoms with Crippen LogP contribution in [0, 0.1) is 11.3 Å². The number of aromatic nitrogens is 2. The first-order valence-electron chi connectivity index (χ1n) is 23.7. The second-order valence-electron chi connectivity index (χ2n) is 19.5. The molecule has 3 aliphatic rings. The van der Waals surface area contributed by atoms with E-state index in [-0.39, 0.29) is 16.2 Å². The maximum Gasteiger partial charge on any atom is 0.0886 e. The van der Waals surface area contributed by atoms with Crippen molar-refractivity contribution < 1.29 is 0 Å². The van der Waals surface area contributed by atoms with Crippen LogP contribution in [0.1, 0.15) is 187 Å². The molecule has 58 heavy (non-hydrogen) atoms. The summed E-state index contributed by atoms with van der Waals surface area (Å²) in [6.45, 7) is 18.9. The number of hydrogen-bond acceptors (Lipinski definition) is 2. The largest absolute Gasteiger partial charge is 0.254 e. The number of allylic oxidation sites excluding steroid dienone is 4. The van der Waals surface area contributed by atoms with Crippen molar-refractivity contribution in [1.29, 1.82) is 0 Å². The number of hydrogen-bond donors (Lipinski definition) is 0. The van der Waals surface area contributed by atoms with E-state index in [0.717, 1.165) is 43.0 Å². The number of unbranched alkanes of at least 4 members (excludes halogenated alkanes) is 6. The summed E-state index contributed by atoms with van der Waals surface area (Å²) in [7, 11) is 0. The van der Waals surface area contributed by atoms with Gasteiger partial charge in [0.2, 0.25) is 0 Å². The summed E-state index contributed by atoms with van der Waals surface area (Å²) in [5.74, 6) is 0.783. The molecule has 3 atom stereocenters. The molecule has 1 fully saturated rings. The van der Waals surface area contributed by atoms with Crippen LogP contribution in [0.3, 0.4) is 0 Å². The summed E-state index contributed by atoms with van der Waals surface area (Å²) in [6.07, 6.45) is 33.0. The zero-order valence-electron chi connectivity index (χ0n) is 37.7. The van der Waals surface area contributed by atoms with Crippen LogP contribution in [-0.4, -0.2) is 9.97 Å². The van der Waals surface area contributed by atoms with Gasteiger partial charge in [-0.3, -0.25) is 9.97 Å². The molecular weight excluding hydrogens is 701 g/mol. The molecule has 0 radical (unpaired) electrons. The third-order valence-corrected chi connectivity index (χ3v) is 16.2. The minimum atomic E-state index is 0.0284. The molecule has 308 valence electrons. The van der Waals surface area contributed by atoms with Crippen molar-refractivity contribution in [3.05, 3.63) is 119 Å². The lowest BCUT2D eigenvalue weighted by atomic mass is 9.59. The molecule has 3 unspecified atom stereocenters. The smallest absolute Gasteiger partial charge is 0.0886 e. The Kier molecular flexibility index (Phi) is 13.0. The summed E-state index contributed by atoms with van der Waals surface area (Å²) in [5.41, 5.74) is 15.7. The molecule has 4 aromatic rings. The van der Waals surface area contributed by atoms with Crippen LogP contribution in [0.5, 0.6) is 0 Å². The third kappa shape index (κ3) is 8.20. The van der Waals surface area contributed by atoms with E-state index in [1.165, 1.54) is 117 Å². The lowest BCUT2D eigenvalue weighted by molar-refractivity contribution is 0.147. The van der Waals surface area contributed by atoms with E-state index in [9.17, 15) is 0 Å². The van der Waals surface area contributed by atoms with Crippen LogP contribution < -0.4 is 0 Å². The highest BCUT2D eigenvalue weighted by atomic mass is 14.8. The minimum Gasteiger partial charge on any atom is -0.254 e. The second kappa shape index (κ2) is 17.8. The van der Waals surface area contributed by atoms with Crippen LogP contribution in [0.15, 0.2) is 96.9 Å². The molecule has 2 heterocycles. The summed E-state index contributed by atoms with van der Waals surface area (Å²) in [6, 6.07) is 23.9. The number of pyridine rings is 2. The number of fused-ring (bicyclic) bond motifs is 4. The minimum absolute atomic E-state index is 0.0284. The van der Waals surface area contributed by atoms with Crippen LogP contribution in [-0.2, 0) is 16.2 Å². The normalized spacial score (nSPS) is 21.0. The zero-order valence-corrected chi connectivity index (χ0v) is 37.7. The molecule has 7 rings (SSSR count). The van der Waals surface area contributed by atoms with E-state index >= 15 is 0 Å². The van der Waals surface area contributed by atoms with Gasteiger partial charge in [0.05, 0.1) is 11.4 Å². The summed E-state index contributed by atoms with van der Waals surface area (Å²) in [5, 5.41) is 0. The van der Waals surface area contributed by atoms with Crippen molar-refractivity contribution in [2.45, 2.75) is 181 Å². The first kappa shape index (κ1) is 42.3. The van der Waals surface area contributed by atoms with E-state index in [1.54, 1.807) is 16.7 Å². The fourth-order valence-corrected chi connectivity index (χ4v) is 10.6. The van der Waals surface area contributed by atoms with Gasteiger partial charge in [-0.2, -0.15) is 0 Å². The maximum atomic E-state index is 5.01. The van der Waals surface area contributed by atoms with Gasteiger partial charge in [-0.15, -0.1) is 0 Å². The standard InChI is InChI=1S/C56H74N2/c1-9-14-15-19-32-56(33-20-17-16-18-21-41-30-34-55(8)35-31-45(55)36-41)49-37-42(22-26-47(49)48-27-24-44(38-50(48)56)53(6,10-2)11-3)43-23-28-51(57-39-43)52-29-25-46(40-58-52)54(7,12-4)13-5/h22-30,34,36-40,45H,9-21,31-33,35H2,1-8H3. The predicted molar refractivity (Wildman–Crippen MR) is 250 cm³/mol. The number of benzene rings is 2. The molecule has 2 aromatic heterocycles. The molecular formula is C56H74N2. The monoisotopic (exact) mass is 775 g/mol. The number of nitrogens with zero attached hydrogens (tertiary/aromatic N) is 2. The van der Waals surface area contributed by atoms with Gasteiger partial charge < -0.3 is 0 Å². The topological polar surface area (TPSA) is 25.8 Å². The van der Waals surface area contributed by atoms with E-state index < -0.39 is 0 Å².